The Kier molecular flexibility index (Phi) is 6.72. The smallest absolute Gasteiger partial charge is 0.407 e. The van der Waals surface area contributed by atoms with E-state index in [9.17, 15) is 4.79 Å². The zero-order chi connectivity index (χ0) is 16.9. The van der Waals surface area contributed by atoms with Gasteiger partial charge < -0.3 is 20.7 Å². The van der Waals surface area contributed by atoms with Gasteiger partial charge in [0, 0.05) is 24.7 Å². The second-order valence-electron chi connectivity index (χ2n) is 8.28. The van der Waals surface area contributed by atoms with Gasteiger partial charge in [0.05, 0.1) is 0 Å². The number of hydrogen-bond acceptors (Lipinski definition) is 4. The van der Waals surface area contributed by atoms with Gasteiger partial charge in [-0.25, -0.2) is 4.79 Å². The molecule has 1 aliphatic heterocycles. The van der Waals surface area contributed by atoms with Gasteiger partial charge in [-0.05, 0) is 72.3 Å². The molecule has 5 heteroatoms. The van der Waals surface area contributed by atoms with Gasteiger partial charge in [-0.1, -0.05) is 6.42 Å². The van der Waals surface area contributed by atoms with E-state index in [4.69, 9.17) is 4.74 Å². The van der Waals surface area contributed by atoms with Crippen LogP contribution < -0.4 is 16.0 Å². The number of carbonyl (C=O) groups excluding carboxylic acids is 1. The summed E-state index contributed by atoms with van der Waals surface area (Å²) in [6.45, 7) is 9.75. The molecule has 0 aromatic carbocycles. The monoisotopic (exact) mass is 325 g/mol. The Labute approximate surface area is 141 Å². The average Bonchev–Trinajstić information content (AvgIpc) is 3.27. The molecule has 2 rings (SSSR count). The number of hydrogen-bond donors (Lipinski definition) is 3. The number of piperidine rings is 1. The summed E-state index contributed by atoms with van der Waals surface area (Å²) in [6, 6.07) is 1.47. The van der Waals surface area contributed by atoms with E-state index >= 15 is 0 Å². The Bertz CT molecular complexity index is 371. The van der Waals surface area contributed by atoms with Crippen molar-refractivity contribution in [3.05, 3.63) is 0 Å². The molecule has 5 nitrogen and oxygen atoms in total. The molecule has 0 aromatic rings. The van der Waals surface area contributed by atoms with Crippen LogP contribution in [0.1, 0.15) is 66.2 Å². The molecule has 2 aliphatic rings. The van der Waals surface area contributed by atoms with Crippen LogP contribution in [0.3, 0.4) is 0 Å². The van der Waals surface area contributed by atoms with Gasteiger partial charge >= 0.3 is 6.09 Å². The van der Waals surface area contributed by atoms with Crippen molar-refractivity contribution in [2.24, 2.45) is 5.92 Å². The summed E-state index contributed by atoms with van der Waals surface area (Å²) in [5.41, 5.74) is -0.438. The second-order valence-corrected chi connectivity index (χ2v) is 8.28. The van der Waals surface area contributed by atoms with Crippen LogP contribution in [-0.4, -0.2) is 42.9 Å². The molecule has 0 radical (unpaired) electrons. The molecule has 3 atom stereocenters. The lowest BCUT2D eigenvalue weighted by molar-refractivity contribution is 0.0520. The van der Waals surface area contributed by atoms with E-state index in [-0.39, 0.29) is 6.09 Å². The van der Waals surface area contributed by atoms with E-state index in [1.54, 1.807) is 0 Å². The second kappa shape index (κ2) is 8.34. The fraction of sp³-hybridized carbons (Fsp3) is 0.944. The first-order valence-corrected chi connectivity index (χ1v) is 9.30. The molecule has 1 saturated heterocycles. The Morgan fingerprint density at radius 1 is 1.26 bits per heavy atom. The van der Waals surface area contributed by atoms with E-state index < -0.39 is 5.60 Å². The molecule has 23 heavy (non-hydrogen) atoms. The highest BCUT2D eigenvalue weighted by molar-refractivity contribution is 5.67. The summed E-state index contributed by atoms with van der Waals surface area (Å²) in [4.78, 5) is 11.8. The predicted octanol–water partition coefficient (Wildman–Crippen LogP) is 2.80. The van der Waals surface area contributed by atoms with Crippen LogP contribution >= 0.6 is 0 Å². The molecule has 0 spiro atoms. The topological polar surface area (TPSA) is 62.4 Å². The predicted molar refractivity (Wildman–Crippen MR) is 93.6 cm³/mol. The third kappa shape index (κ3) is 7.53. The number of alkyl carbamates (subject to hydrolysis) is 1. The molecule has 1 heterocycles. The molecule has 1 aliphatic carbocycles. The molecule has 0 aromatic heterocycles. The third-order valence-electron chi connectivity index (χ3n) is 4.61. The van der Waals surface area contributed by atoms with Crippen LogP contribution in [0.15, 0.2) is 0 Å². The number of carbonyl (C=O) groups is 1. The van der Waals surface area contributed by atoms with Gasteiger partial charge in [-0.2, -0.15) is 0 Å². The van der Waals surface area contributed by atoms with Crippen molar-refractivity contribution in [2.45, 2.75) is 89.9 Å². The van der Waals surface area contributed by atoms with Gasteiger partial charge in [0.25, 0.3) is 0 Å². The molecule has 134 valence electrons. The van der Waals surface area contributed by atoms with E-state index in [0.717, 1.165) is 13.0 Å². The van der Waals surface area contributed by atoms with Crippen molar-refractivity contribution < 1.29 is 9.53 Å². The molecule has 3 unspecified atom stereocenters. The molecular formula is C18H35N3O2. The molecule has 0 bridgehead atoms. The molecule has 1 amide bonds. The van der Waals surface area contributed by atoms with Gasteiger partial charge in [-0.3, -0.25) is 0 Å². The zero-order valence-corrected chi connectivity index (χ0v) is 15.3. The Morgan fingerprint density at radius 2 is 2.00 bits per heavy atom. The Hall–Kier alpha value is -0.810. The van der Waals surface area contributed by atoms with Crippen molar-refractivity contribution in [3.8, 4) is 0 Å². The Morgan fingerprint density at radius 3 is 2.57 bits per heavy atom. The number of ether oxygens (including phenoxy) is 1. The largest absolute Gasteiger partial charge is 0.444 e. The summed E-state index contributed by atoms with van der Waals surface area (Å²) in [5, 5.41) is 10.3. The van der Waals surface area contributed by atoms with Gasteiger partial charge in [-0.15, -0.1) is 0 Å². The van der Waals surface area contributed by atoms with Crippen molar-refractivity contribution >= 4 is 6.09 Å². The first kappa shape index (κ1) is 18.5. The van der Waals surface area contributed by atoms with Crippen LogP contribution in [0.25, 0.3) is 0 Å². The van der Waals surface area contributed by atoms with Crippen LogP contribution in [0, 0.1) is 5.92 Å². The number of nitrogens with one attached hydrogen (secondary N) is 3. The first-order chi connectivity index (χ1) is 10.8. The van der Waals surface area contributed by atoms with E-state index in [1.165, 1.54) is 32.1 Å². The normalized spacial score (nSPS) is 24.8. The van der Waals surface area contributed by atoms with Crippen LogP contribution in [-0.2, 0) is 4.74 Å². The highest BCUT2D eigenvalue weighted by Gasteiger charge is 2.32. The summed E-state index contributed by atoms with van der Waals surface area (Å²) in [6.07, 6.45) is 7.32. The molecule has 1 saturated carbocycles. The summed E-state index contributed by atoms with van der Waals surface area (Å²) >= 11 is 0. The van der Waals surface area contributed by atoms with E-state index in [1.807, 2.05) is 20.8 Å². The number of amides is 1. The minimum Gasteiger partial charge on any atom is -0.444 e. The highest BCUT2D eigenvalue weighted by Crippen LogP contribution is 2.32. The van der Waals surface area contributed by atoms with Crippen molar-refractivity contribution in [1.82, 2.24) is 16.0 Å². The van der Waals surface area contributed by atoms with Crippen molar-refractivity contribution in [3.63, 3.8) is 0 Å². The molecule has 2 fully saturated rings. The fourth-order valence-corrected chi connectivity index (χ4v) is 3.35. The van der Waals surface area contributed by atoms with Gasteiger partial charge in [0.1, 0.15) is 5.60 Å². The van der Waals surface area contributed by atoms with Crippen LogP contribution in [0.4, 0.5) is 4.79 Å². The van der Waals surface area contributed by atoms with Gasteiger partial charge in [0.2, 0.25) is 0 Å². The highest BCUT2D eigenvalue weighted by atomic mass is 16.6. The minimum absolute atomic E-state index is 0.313. The summed E-state index contributed by atoms with van der Waals surface area (Å²) in [5.74, 6) is 0.701. The lowest BCUT2D eigenvalue weighted by Crippen LogP contribution is -2.49. The summed E-state index contributed by atoms with van der Waals surface area (Å²) in [7, 11) is 0. The van der Waals surface area contributed by atoms with Gasteiger partial charge in [0.15, 0.2) is 0 Å². The standard InChI is InChI=1S/C18H35N3O2/c1-13(11-15-7-5-6-10-19-15)21-16(14-8-9-14)12-20-17(22)23-18(2,3)4/h13-16,19,21H,5-12H2,1-4H3,(H,20,22). The van der Waals surface area contributed by atoms with Crippen molar-refractivity contribution in [1.29, 1.82) is 0 Å². The fourth-order valence-electron chi connectivity index (χ4n) is 3.35. The average molecular weight is 325 g/mol. The van der Waals surface area contributed by atoms with E-state index in [0.29, 0.717) is 30.6 Å². The molecular weight excluding hydrogens is 290 g/mol. The number of rotatable bonds is 7. The lowest BCUT2D eigenvalue weighted by Gasteiger charge is -2.29. The van der Waals surface area contributed by atoms with Crippen LogP contribution in [0.5, 0.6) is 0 Å². The SMILES string of the molecule is CC(CC1CCCCN1)NC(CNC(=O)OC(C)(C)C)C1CC1. The Balaban J connectivity index is 1.71. The minimum atomic E-state index is -0.438. The summed E-state index contributed by atoms with van der Waals surface area (Å²) < 4.78 is 5.33. The first-order valence-electron chi connectivity index (χ1n) is 9.30. The lowest BCUT2D eigenvalue weighted by atomic mass is 9.98. The van der Waals surface area contributed by atoms with Crippen LogP contribution in [0.2, 0.25) is 0 Å². The maximum absolute atomic E-state index is 11.8. The van der Waals surface area contributed by atoms with E-state index in [2.05, 4.69) is 22.9 Å². The maximum atomic E-state index is 11.8. The quantitative estimate of drug-likeness (QED) is 0.673. The third-order valence-corrected chi connectivity index (χ3v) is 4.61. The zero-order valence-electron chi connectivity index (χ0n) is 15.3. The maximum Gasteiger partial charge on any atom is 0.407 e. The van der Waals surface area contributed by atoms with Crippen molar-refractivity contribution in [2.75, 3.05) is 13.1 Å². The molecule has 3 N–H and O–H groups in total.